The van der Waals surface area contributed by atoms with Crippen molar-refractivity contribution in [1.29, 1.82) is 0 Å². The lowest BCUT2D eigenvalue weighted by atomic mass is 10.1. The summed E-state index contributed by atoms with van der Waals surface area (Å²) < 4.78 is 20.3. The van der Waals surface area contributed by atoms with Crippen LogP contribution in [0.3, 0.4) is 0 Å². The van der Waals surface area contributed by atoms with Gasteiger partial charge in [-0.05, 0) is 112 Å². The number of carbonyl (C=O) groups is 3. The third kappa shape index (κ3) is 12.5. The molecule has 0 fully saturated rings. The molecular formula is C51H50N12O8S. The lowest BCUT2D eigenvalue weighted by molar-refractivity contribution is -0.384. The Hall–Kier alpha value is -9.20. The van der Waals surface area contributed by atoms with Crippen LogP contribution in [0.1, 0.15) is 47.3 Å². The lowest BCUT2D eigenvalue weighted by Crippen LogP contribution is -2.26. The normalized spacial score (nSPS) is 11.3. The maximum atomic E-state index is 12.1. The molecular weight excluding hydrogens is 941 g/mol. The fraction of sp³-hybridized carbons (Fsp3) is 0.196. The van der Waals surface area contributed by atoms with E-state index in [1.807, 2.05) is 68.8 Å². The van der Waals surface area contributed by atoms with E-state index >= 15 is 0 Å². The first-order valence-corrected chi connectivity index (χ1v) is 22.7. The highest BCUT2D eigenvalue weighted by Crippen LogP contribution is 2.33. The van der Waals surface area contributed by atoms with Gasteiger partial charge < -0.3 is 45.4 Å². The average molecular weight is 991 g/mol. The van der Waals surface area contributed by atoms with Gasteiger partial charge in [-0.1, -0.05) is 12.1 Å². The van der Waals surface area contributed by atoms with Crippen LogP contribution in [0.5, 0.6) is 23.0 Å². The largest absolute Gasteiger partial charge is 0.457 e. The Morgan fingerprint density at radius 2 is 1.46 bits per heavy atom. The first-order chi connectivity index (χ1) is 34.6. The molecule has 0 atom stereocenters. The van der Waals surface area contributed by atoms with Gasteiger partial charge in [-0.25, -0.2) is 9.78 Å². The highest BCUT2D eigenvalue weighted by Gasteiger charge is 2.20. The van der Waals surface area contributed by atoms with Gasteiger partial charge in [0.1, 0.15) is 45.7 Å². The highest BCUT2D eigenvalue weighted by molar-refractivity contribution is 7.78. The van der Waals surface area contributed by atoms with Crippen LogP contribution >= 0.6 is 12.2 Å². The Morgan fingerprint density at radius 1 is 0.806 bits per heavy atom. The summed E-state index contributed by atoms with van der Waals surface area (Å²) in [4.78, 5) is 62.5. The van der Waals surface area contributed by atoms with Gasteiger partial charge in [0.2, 0.25) is 5.95 Å². The second-order valence-electron chi connectivity index (χ2n) is 16.7. The summed E-state index contributed by atoms with van der Waals surface area (Å²) in [5, 5.41) is 28.8. The van der Waals surface area contributed by atoms with Crippen molar-refractivity contribution in [1.82, 2.24) is 34.7 Å². The summed E-state index contributed by atoms with van der Waals surface area (Å²) in [5.41, 5.74) is 6.94. The molecule has 0 unspecified atom stereocenters. The second kappa shape index (κ2) is 22.5. The number of pyridine rings is 2. The molecule has 72 heavy (non-hydrogen) atoms. The monoisotopic (exact) mass is 990 g/mol. The zero-order valence-corrected chi connectivity index (χ0v) is 41.1. The van der Waals surface area contributed by atoms with Crippen molar-refractivity contribution in [3.05, 3.63) is 149 Å². The van der Waals surface area contributed by atoms with Gasteiger partial charge in [-0.15, -0.1) is 0 Å². The smallest absolute Gasteiger partial charge is 0.418 e. The van der Waals surface area contributed by atoms with Crippen LogP contribution in [-0.4, -0.2) is 85.4 Å². The predicted molar refractivity (Wildman–Crippen MR) is 279 cm³/mol. The topological polar surface area (TPSA) is 243 Å². The number of rotatable bonds is 11. The van der Waals surface area contributed by atoms with Crippen molar-refractivity contribution in [2.24, 2.45) is 12.0 Å². The minimum absolute atomic E-state index is 0.0967. The van der Waals surface area contributed by atoms with E-state index in [9.17, 15) is 24.5 Å². The summed E-state index contributed by atoms with van der Waals surface area (Å²) in [6.45, 7) is 6.48. The molecule has 0 radical (unpaired) electrons. The van der Waals surface area contributed by atoms with Gasteiger partial charge in [0.05, 0.1) is 38.4 Å². The number of nitro benzene ring substituents is 1. The van der Waals surface area contributed by atoms with Gasteiger partial charge in [0.25, 0.3) is 17.5 Å². The zero-order chi connectivity index (χ0) is 51.5. The number of isothiocyanates is 1. The number of benzene rings is 4. The summed E-state index contributed by atoms with van der Waals surface area (Å²) in [6, 6.07) is 30.2. The molecule has 5 heterocycles. The molecule has 0 aliphatic carbocycles. The number of nitrogens with one attached hydrogen (secondary N) is 5. The minimum Gasteiger partial charge on any atom is -0.457 e. The molecule has 8 aromatic rings. The number of carbonyl (C=O) groups excluding carboxylic acids is 3. The van der Waals surface area contributed by atoms with E-state index in [2.05, 4.69) is 77.1 Å². The van der Waals surface area contributed by atoms with Gasteiger partial charge in [-0.2, -0.15) is 4.99 Å². The number of fused-ring (bicyclic) bond motifs is 3. The summed E-state index contributed by atoms with van der Waals surface area (Å²) in [7, 11) is 6.64. The van der Waals surface area contributed by atoms with Crippen LogP contribution in [0.15, 0.2) is 127 Å². The van der Waals surface area contributed by atoms with Gasteiger partial charge >= 0.3 is 6.09 Å². The van der Waals surface area contributed by atoms with Crippen LogP contribution in [0, 0.1) is 10.1 Å². The number of hydrogen-bond acceptors (Lipinski definition) is 16. The number of anilines is 4. The molecule has 1 aliphatic rings. The third-order valence-corrected chi connectivity index (χ3v) is 10.7. The fourth-order valence-corrected chi connectivity index (χ4v) is 7.33. The van der Waals surface area contributed by atoms with E-state index in [0.29, 0.717) is 40.1 Å². The number of amides is 2. The van der Waals surface area contributed by atoms with E-state index in [0.717, 1.165) is 46.5 Å². The summed E-state index contributed by atoms with van der Waals surface area (Å²) >= 11 is 4.58. The molecule has 5 N–H and O–H groups in total. The number of nitro groups is 1. The van der Waals surface area contributed by atoms with E-state index in [1.165, 1.54) is 41.2 Å². The predicted octanol–water partition coefficient (Wildman–Crippen LogP) is 10.2. The number of ether oxygens (including phenoxy) is 3. The molecule has 2 amide bonds. The second-order valence-corrected chi connectivity index (χ2v) is 16.9. The van der Waals surface area contributed by atoms with Crippen molar-refractivity contribution >= 4 is 91.6 Å². The Bertz CT molecular complexity index is 3380. The molecule has 4 aromatic heterocycles. The van der Waals surface area contributed by atoms with E-state index in [4.69, 9.17) is 19.2 Å². The van der Waals surface area contributed by atoms with Gasteiger partial charge in [0, 0.05) is 88.3 Å². The molecule has 9 rings (SSSR count). The van der Waals surface area contributed by atoms with Crippen molar-refractivity contribution in [3.8, 4) is 23.0 Å². The number of imidazole rings is 1. The van der Waals surface area contributed by atoms with Gasteiger partial charge in [0.15, 0.2) is 0 Å². The van der Waals surface area contributed by atoms with Crippen molar-refractivity contribution in [2.45, 2.75) is 32.8 Å². The maximum absolute atomic E-state index is 12.1. The molecule has 0 spiro atoms. The minimum atomic E-state index is -0.530. The number of aliphatic imine (C=N–C) groups is 1. The lowest BCUT2D eigenvalue weighted by Gasteiger charge is -2.19. The Balaban J connectivity index is 0.000000165. The molecule has 4 aromatic carbocycles. The third-order valence-electron chi connectivity index (χ3n) is 10.7. The van der Waals surface area contributed by atoms with Crippen LogP contribution < -0.4 is 36.1 Å². The number of aryl methyl sites for hydroxylation is 1. The molecule has 368 valence electrons. The molecule has 21 heteroatoms. The first kappa shape index (κ1) is 50.7. The zero-order valence-electron chi connectivity index (χ0n) is 40.3. The number of thiocarbonyl (C=S) groups is 1. The van der Waals surface area contributed by atoms with Gasteiger partial charge in [-0.3, -0.25) is 34.2 Å². The van der Waals surface area contributed by atoms with Crippen molar-refractivity contribution in [2.75, 3.05) is 43.6 Å². The SMILES string of the molecule is CC(C)(C)OC(=O)n1ccc2ccc(N=C=S)cc21.CNC(=O)c1cc(Oc2ccc(NC)c([N+](=O)[O-])c2)ccn1.CNC(=O)c1cc(Oc2ccc3c(c2)nc(Nc2ccc4c(c2)NCC4)n3C)ccn1. The maximum Gasteiger partial charge on any atom is 0.418 e. The molecule has 0 saturated heterocycles. The quantitative estimate of drug-likeness (QED) is 0.0350. The Morgan fingerprint density at radius 3 is 2.08 bits per heavy atom. The summed E-state index contributed by atoms with van der Waals surface area (Å²) in [5.74, 6) is 1.96. The highest BCUT2D eigenvalue weighted by atomic mass is 32.1. The number of nitrogens with zero attached hydrogens (tertiary/aromatic N) is 7. The number of aromatic nitrogens is 5. The van der Waals surface area contributed by atoms with Crippen LogP contribution in [0.2, 0.25) is 0 Å². The fourth-order valence-electron chi connectivity index (χ4n) is 7.23. The molecule has 1 aliphatic heterocycles. The van der Waals surface area contributed by atoms with Crippen LogP contribution in [-0.2, 0) is 18.2 Å². The van der Waals surface area contributed by atoms with Crippen LogP contribution in [0.4, 0.5) is 39.2 Å². The average Bonchev–Trinajstić information content (AvgIpc) is 4.10. The van der Waals surface area contributed by atoms with Crippen molar-refractivity contribution in [3.63, 3.8) is 0 Å². The van der Waals surface area contributed by atoms with Crippen molar-refractivity contribution < 1.29 is 33.5 Å². The Kier molecular flexibility index (Phi) is 15.8. The van der Waals surface area contributed by atoms with E-state index in [-0.39, 0.29) is 23.2 Å². The van der Waals surface area contributed by atoms with E-state index < -0.39 is 16.6 Å². The molecule has 20 nitrogen and oxygen atoms in total. The first-order valence-electron chi connectivity index (χ1n) is 22.3. The van der Waals surface area contributed by atoms with E-state index in [1.54, 1.807) is 62.9 Å². The Labute approximate surface area is 418 Å². The standard InChI is InChI=1S/C23H22N6O2.C14H14N4O4.C14H14N2O2S/c1-24-22(30)20-13-17(8-10-26-20)31-16-5-6-21-19(12-16)28-23(29(21)2)27-15-4-3-14-7-9-25-18(14)11-15;1-15-11-4-3-9(8-13(11)18(20)21)22-10-5-6-17-12(7-10)14(19)16-2;1-14(2,3)18-13(17)16-7-6-10-4-5-11(15-9-19)8-12(10)16/h3-6,8,10-13,25H,7,9H2,1-2H3,(H,24,30)(H,27,28);3-8,15H,1-2H3,(H,16,19);4-8H,1-3H3. The van der Waals surface area contributed by atoms with Crippen LogP contribution in [0.25, 0.3) is 21.9 Å². The molecule has 0 bridgehead atoms. The summed E-state index contributed by atoms with van der Waals surface area (Å²) in [6.07, 6.45) is 5.31. The number of hydrogen-bond donors (Lipinski definition) is 5. The molecule has 0 saturated carbocycles.